The number of nitrogens with zero attached hydrogens (tertiary/aromatic N) is 1. The van der Waals surface area contributed by atoms with Crippen LogP contribution in [0.4, 0.5) is 0 Å². The third-order valence-corrected chi connectivity index (χ3v) is 6.12. The summed E-state index contributed by atoms with van der Waals surface area (Å²) in [6, 6.07) is 4.32. The van der Waals surface area contributed by atoms with E-state index in [9.17, 15) is 8.42 Å². The number of sulfonamides is 1. The summed E-state index contributed by atoms with van der Waals surface area (Å²) in [6.45, 7) is 1.05. The van der Waals surface area contributed by atoms with Crippen LogP contribution in [0.3, 0.4) is 0 Å². The van der Waals surface area contributed by atoms with Crippen molar-refractivity contribution in [2.75, 3.05) is 25.0 Å². The van der Waals surface area contributed by atoms with Gasteiger partial charge in [0.2, 0.25) is 10.0 Å². The van der Waals surface area contributed by atoms with E-state index in [0.717, 1.165) is 0 Å². The highest BCUT2D eigenvalue weighted by Gasteiger charge is 2.30. The van der Waals surface area contributed by atoms with Crippen LogP contribution < -0.4 is 0 Å². The van der Waals surface area contributed by atoms with Crippen LogP contribution in [0.15, 0.2) is 23.1 Å². The van der Waals surface area contributed by atoms with Gasteiger partial charge in [-0.15, -0.1) is 0 Å². The first-order chi connectivity index (χ1) is 8.95. The lowest BCUT2D eigenvalue weighted by Crippen LogP contribution is -2.46. The molecular weight excluding hydrogens is 377 g/mol. The molecule has 106 valence electrons. The topological polar surface area (TPSA) is 46.6 Å². The summed E-state index contributed by atoms with van der Waals surface area (Å²) in [6.07, 6.45) is -0.133. The van der Waals surface area contributed by atoms with Crippen molar-refractivity contribution in [3.63, 3.8) is 0 Å². The van der Waals surface area contributed by atoms with E-state index in [4.69, 9.17) is 27.9 Å². The summed E-state index contributed by atoms with van der Waals surface area (Å²) < 4.78 is 31.8. The molecule has 0 saturated carbocycles. The van der Waals surface area contributed by atoms with Gasteiger partial charge in [0, 0.05) is 18.4 Å². The molecule has 1 atom stereocenters. The quantitative estimate of drug-likeness (QED) is 0.748. The predicted octanol–water partition coefficient (Wildman–Crippen LogP) is 2.78. The summed E-state index contributed by atoms with van der Waals surface area (Å²) in [5, 5.41) is 1.16. The van der Waals surface area contributed by atoms with Gasteiger partial charge < -0.3 is 4.74 Å². The highest BCUT2D eigenvalue weighted by Crippen LogP contribution is 2.27. The SMILES string of the molecule is O=S(=O)(c1ccc(Cl)c(Cl)c1)N1CCOC(CBr)C1. The first kappa shape index (κ1) is 15.5. The van der Waals surface area contributed by atoms with E-state index in [1.54, 1.807) is 0 Å². The summed E-state index contributed by atoms with van der Waals surface area (Å²) in [5.74, 6) is 0. The number of hydrogen-bond donors (Lipinski definition) is 0. The largest absolute Gasteiger partial charge is 0.375 e. The molecule has 0 bridgehead atoms. The molecule has 0 N–H and O–H groups in total. The average molecular weight is 389 g/mol. The second kappa shape index (κ2) is 6.28. The van der Waals surface area contributed by atoms with Crippen molar-refractivity contribution in [1.82, 2.24) is 4.31 Å². The van der Waals surface area contributed by atoms with Crippen LogP contribution in [0.2, 0.25) is 10.0 Å². The number of ether oxygens (including phenoxy) is 1. The maximum absolute atomic E-state index is 12.5. The minimum absolute atomic E-state index is 0.133. The third-order valence-electron chi connectivity index (χ3n) is 2.80. The van der Waals surface area contributed by atoms with Crippen LogP contribution in [0.1, 0.15) is 0 Å². The normalized spacial score (nSPS) is 21.5. The molecule has 1 aromatic rings. The minimum Gasteiger partial charge on any atom is -0.375 e. The molecule has 0 aliphatic carbocycles. The molecule has 1 unspecified atom stereocenters. The van der Waals surface area contributed by atoms with Crippen molar-refractivity contribution >= 4 is 49.2 Å². The Labute approximate surface area is 130 Å². The molecular formula is C11H12BrCl2NO3S. The molecule has 4 nitrogen and oxygen atoms in total. The van der Waals surface area contributed by atoms with Crippen molar-refractivity contribution in [1.29, 1.82) is 0 Å². The Bertz CT molecular complexity index is 567. The zero-order valence-corrected chi connectivity index (χ0v) is 13.8. The monoisotopic (exact) mass is 387 g/mol. The van der Waals surface area contributed by atoms with Gasteiger partial charge >= 0.3 is 0 Å². The van der Waals surface area contributed by atoms with E-state index in [1.165, 1.54) is 22.5 Å². The lowest BCUT2D eigenvalue weighted by Gasteiger charge is -2.31. The fraction of sp³-hybridized carbons (Fsp3) is 0.455. The molecule has 0 radical (unpaired) electrons. The maximum atomic E-state index is 12.5. The lowest BCUT2D eigenvalue weighted by molar-refractivity contribution is 0.0137. The number of alkyl halides is 1. The molecule has 1 fully saturated rings. The highest BCUT2D eigenvalue weighted by molar-refractivity contribution is 9.09. The molecule has 1 heterocycles. The van der Waals surface area contributed by atoms with Gasteiger partial charge in [-0.2, -0.15) is 4.31 Å². The van der Waals surface area contributed by atoms with Gasteiger partial charge in [-0.05, 0) is 18.2 Å². The Morgan fingerprint density at radius 1 is 1.37 bits per heavy atom. The Morgan fingerprint density at radius 3 is 2.74 bits per heavy atom. The number of halogens is 3. The Morgan fingerprint density at radius 2 is 2.11 bits per heavy atom. The van der Waals surface area contributed by atoms with E-state index < -0.39 is 10.0 Å². The molecule has 1 aliphatic rings. The molecule has 1 saturated heterocycles. The fourth-order valence-electron chi connectivity index (χ4n) is 1.79. The van der Waals surface area contributed by atoms with Crippen molar-refractivity contribution in [2.24, 2.45) is 0 Å². The van der Waals surface area contributed by atoms with E-state index in [0.29, 0.717) is 30.0 Å². The summed E-state index contributed by atoms with van der Waals surface area (Å²) in [4.78, 5) is 0.150. The lowest BCUT2D eigenvalue weighted by atomic mass is 10.3. The Hall–Kier alpha value is 0.150. The van der Waals surface area contributed by atoms with Crippen LogP contribution in [-0.4, -0.2) is 43.9 Å². The molecule has 2 rings (SSSR count). The molecule has 0 spiro atoms. The molecule has 1 aliphatic heterocycles. The van der Waals surface area contributed by atoms with Gasteiger partial charge in [-0.1, -0.05) is 39.1 Å². The molecule has 0 aromatic heterocycles. The molecule has 1 aromatic carbocycles. The zero-order valence-electron chi connectivity index (χ0n) is 9.85. The summed E-state index contributed by atoms with van der Waals surface area (Å²) in [7, 11) is -3.55. The first-order valence-electron chi connectivity index (χ1n) is 5.58. The second-order valence-corrected chi connectivity index (χ2v) is 7.49. The number of morpholine rings is 1. The smallest absolute Gasteiger partial charge is 0.243 e. The zero-order chi connectivity index (χ0) is 14.0. The standard InChI is InChI=1S/C11H12BrCl2NO3S/c12-6-8-7-15(3-4-18-8)19(16,17)9-1-2-10(13)11(14)5-9/h1-2,5,8H,3-4,6-7H2. The van der Waals surface area contributed by atoms with Gasteiger partial charge in [0.1, 0.15) is 0 Å². The number of hydrogen-bond acceptors (Lipinski definition) is 3. The van der Waals surface area contributed by atoms with Crippen molar-refractivity contribution in [2.45, 2.75) is 11.0 Å². The Kier molecular flexibility index (Phi) is 5.14. The Balaban J connectivity index is 2.28. The predicted molar refractivity (Wildman–Crippen MR) is 78.8 cm³/mol. The van der Waals surface area contributed by atoms with Crippen molar-refractivity contribution < 1.29 is 13.2 Å². The average Bonchev–Trinajstić information content (AvgIpc) is 2.41. The number of rotatable bonds is 3. The first-order valence-corrected chi connectivity index (χ1v) is 8.89. The van der Waals surface area contributed by atoms with Gasteiger partial charge in [0.15, 0.2) is 0 Å². The summed E-state index contributed by atoms with van der Waals surface area (Å²) >= 11 is 15.0. The second-order valence-electron chi connectivity index (χ2n) is 4.09. The van der Waals surface area contributed by atoms with Crippen LogP contribution in [-0.2, 0) is 14.8 Å². The van der Waals surface area contributed by atoms with Crippen LogP contribution in [0.5, 0.6) is 0 Å². The van der Waals surface area contributed by atoms with Crippen molar-refractivity contribution in [3.8, 4) is 0 Å². The van der Waals surface area contributed by atoms with Crippen molar-refractivity contribution in [3.05, 3.63) is 28.2 Å². The van der Waals surface area contributed by atoms with Gasteiger partial charge in [0.05, 0.1) is 27.7 Å². The maximum Gasteiger partial charge on any atom is 0.243 e. The van der Waals surface area contributed by atoms with Gasteiger partial charge in [0.25, 0.3) is 0 Å². The van der Waals surface area contributed by atoms with E-state index in [1.807, 2.05) is 0 Å². The van der Waals surface area contributed by atoms with Crippen LogP contribution in [0.25, 0.3) is 0 Å². The van der Waals surface area contributed by atoms with E-state index in [2.05, 4.69) is 15.9 Å². The van der Waals surface area contributed by atoms with E-state index >= 15 is 0 Å². The highest BCUT2D eigenvalue weighted by atomic mass is 79.9. The van der Waals surface area contributed by atoms with Gasteiger partial charge in [-0.3, -0.25) is 0 Å². The molecule has 8 heteroatoms. The van der Waals surface area contributed by atoms with Crippen LogP contribution in [0, 0.1) is 0 Å². The molecule has 19 heavy (non-hydrogen) atoms. The third kappa shape index (κ3) is 3.43. The summed E-state index contributed by atoms with van der Waals surface area (Å²) in [5.41, 5.74) is 0. The van der Waals surface area contributed by atoms with Crippen LogP contribution >= 0.6 is 39.1 Å². The van der Waals surface area contributed by atoms with E-state index in [-0.39, 0.29) is 16.0 Å². The van der Waals surface area contributed by atoms with Gasteiger partial charge in [-0.25, -0.2) is 8.42 Å². The minimum atomic E-state index is -3.55. The fourth-order valence-corrected chi connectivity index (χ4v) is 4.03. The number of benzene rings is 1. The molecule has 0 amide bonds.